The van der Waals surface area contributed by atoms with Gasteiger partial charge in [-0.25, -0.2) is 0 Å². The van der Waals surface area contributed by atoms with Crippen LogP contribution in [0.3, 0.4) is 0 Å². The fourth-order valence-corrected chi connectivity index (χ4v) is 5.93. The Labute approximate surface area is 203 Å². The molecule has 0 saturated heterocycles. The van der Waals surface area contributed by atoms with Crippen molar-refractivity contribution in [3.8, 4) is 11.5 Å². The number of nitrogens with zero attached hydrogens (tertiary/aromatic N) is 2. The third-order valence-corrected chi connectivity index (χ3v) is 7.49. The van der Waals surface area contributed by atoms with Crippen molar-refractivity contribution in [3.63, 3.8) is 0 Å². The van der Waals surface area contributed by atoms with Gasteiger partial charge in [0.05, 0.1) is 25.9 Å². The lowest BCUT2D eigenvalue weighted by atomic mass is 10.1. The Kier molecular flexibility index (Phi) is 8.89. The van der Waals surface area contributed by atoms with Crippen molar-refractivity contribution in [2.45, 2.75) is 43.5 Å². The first kappa shape index (κ1) is 25.6. The van der Waals surface area contributed by atoms with Gasteiger partial charge in [0.15, 0.2) is 4.90 Å². The van der Waals surface area contributed by atoms with Gasteiger partial charge in [-0.15, -0.1) is 0 Å². The van der Waals surface area contributed by atoms with E-state index < -0.39 is 16.5 Å². The van der Waals surface area contributed by atoms with Gasteiger partial charge < -0.3 is 19.1 Å². The summed E-state index contributed by atoms with van der Waals surface area (Å²) in [6, 6.07) is 10.7. The van der Waals surface area contributed by atoms with Gasteiger partial charge in [0.1, 0.15) is 17.2 Å². The van der Waals surface area contributed by atoms with Crippen LogP contribution in [-0.2, 0) is 16.0 Å². The minimum atomic E-state index is -1.54. The Balaban J connectivity index is 1.87. The molecule has 7 nitrogen and oxygen atoms in total. The number of hydrogen-bond acceptors (Lipinski definition) is 6. The molecule has 0 fully saturated rings. The number of carbonyl (C=O) groups is 1. The molecule has 9 heteroatoms. The number of carbonyl (C=O) groups excluding carboxylic acids is 1. The zero-order valence-electron chi connectivity index (χ0n) is 19.4. The second kappa shape index (κ2) is 11.4. The SMILES string of the molecule is COc1ccc(OCCCN(CCO)C(C)C)c(C2N(C(C)=O)c3ccc(Cl)cc3[S+]2[O-])c1. The smallest absolute Gasteiger partial charge is 0.230 e. The molecule has 2 unspecified atom stereocenters. The number of aliphatic hydroxyl groups excluding tert-OH is 1. The molecule has 0 aliphatic carbocycles. The summed E-state index contributed by atoms with van der Waals surface area (Å²) in [5.74, 6) is 0.915. The van der Waals surface area contributed by atoms with E-state index in [0.717, 1.165) is 13.0 Å². The molecule has 2 atom stereocenters. The summed E-state index contributed by atoms with van der Waals surface area (Å²) in [5, 5.41) is 8.98. The minimum absolute atomic E-state index is 0.112. The average molecular weight is 495 g/mol. The lowest BCUT2D eigenvalue weighted by Crippen LogP contribution is -2.35. The first-order chi connectivity index (χ1) is 15.8. The summed E-state index contributed by atoms with van der Waals surface area (Å²) < 4.78 is 25.0. The third kappa shape index (κ3) is 5.75. The van der Waals surface area contributed by atoms with Crippen LogP contribution in [0.4, 0.5) is 5.69 Å². The number of rotatable bonds is 10. The monoisotopic (exact) mass is 494 g/mol. The van der Waals surface area contributed by atoms with Crippen molar-refractivity contribution < 1.29 is 23.9 Å². The van der Waals surface area contributed by atoms with Gasteiger partial charge >= 0.3 is 0 Å². The zero-order valence-corrected chi connectivity index (χ0v) is 21.0. The van der Waals surface area contributed by atoms with Crippen LogP contribution < -0.4 is 14.4 Å². The zero-order chi connectivity index (χ0) is 24.1. The van der Waals surface area contributed by atoms with E-state index in [4.69, 9.17) is 21.1 Å². The normalized spacial score (nSPS) is 17.5. The largest absolute Gasteiger partial charge is 0.609 e. The number of methoxy groups -OCH3 is 1. The second-order valence-corrected chi connectivity index (χ2v) is 10.0. The Hall–Kier alpha value is -1.97. The van der Waals surface area contributed by atoms with Crippen LogP contribution in [-0.4, -0.2) is 59.9 Å². The molecule has 1 heterocycles. The Morgan fingerprint density at radius 3 is 2.67 bits per heavy atom. The predicted molar refractivity (Wildman–Crippen MR) is 131 cm³/mol. The molecular weight excluding hydrogens is 464 g/mol. The highest BCUT2D eigenvalue weighted by Gasteiger charge is 2.47. The van der Waals surface area contributed by atoms with Crippen molar-refractivity contribution in [1.29, 1.82) is 0 Å². The van der Waals surface area contributed by atoms with Crippen LogP contribution in [0.15, 0.2) is 41.3 Å². The number of fused-ring (bicyclic) bond motifs is 1. The summed E-state index contributed by atoms with van der Waals surface area (Å²) >= 11 is 4.60. The molecule has 0 spiro atoms. The third-order valence-electron chi connectivity index (χ3n) is 5.62. The molecule has 1 amide bonds. The number of hydrogen-bond donors (Lipinski definition) is 1. The highest BCUT2D eigenvalue weighted by atomic mass is 35.5. The summed E-state index contributed by atoms with van der Waals surface area (Å²) in [6.07, 6.45) is 0.754. The molecule has 0 radical (unpaired) electrons. The molecular formula is C24H31ClN2O5S. The van der Waals surface area contributed by atoms with Crippen molar-refractivity contribution in [3.05, 3.63) is 47.0 Å². The fraction of sp³-hybridized carbons (Fsp3) is 0.458. The van der Waals surface area contributed by atoms with E-state index >= 15 is 0 Å². The maximum absolute atomic E-state index is 13.5. The van der Waals surface area contributed by atoms with Crippen molar-refractivity contribution in [2.75, 3.05) is 38.3 Å². The fourth-order valence-electron chi connectivity index (χ4n) is 3.96. The quantitative estimate of drug-likeness (QED) is 0.397. The summed E-state index contributed by atoms with van der Waals surface area (Å²) in [4.78, 5) is 16.8. The van der Waals surface area contributed by atoms with E-state index in [2.05, 4.69) is 18.7 Å². The number of halogens is 1. The van der Waals surface area contributed by atoms with Crippen LogP contribution in [0.25, 0.3) is 0 Å². The molecule has 2 aromatic carbocycles. The number of benzene rings is 2. The lowest BCUT2D eigenvalue weighted by Gasteiger charge is -2.26. The molecule has 1 aliphatic rings. The van der Waals surface area contributed by atoms with Gasteiger partial charge in [0.25, 0.3) is 0 Å². The number of aliphatic hydroxyl groups is 1. The minimum Gasteiger partial charge on any atom is -0.609 e. The van der Waals surface area contributed by atoms with Crippen LogP contribution in [0.2, 0.25) is 5.02 Å². The molecule has 3 rings (SSSR count). The second-order valence-electron chi connectivity index (χ2n) is 8.11. The van der Waals surface area contributed by atoms with Gasteiger partial charge in [-0.2, -0.15) is 0 Å². The molecule has 0 bridgehead atoms. The molecule has 1 aliphatic heterocycles. The first-order valence-electron chi connectivity index (χ1n) is 10.9. The molecule has 0 aromatic heterocycles. The van der Waals surface area contributed by atoms with Gasteiger partial charge in [-0.1, -0.05) is 11.6 Å². The standard InChI is InChI=1S/C24H31ClN2O5S/c1-16(2)26(11-12-28)10-5-13-32-22-9-7-19(31-4)15-20(22)24-27(17(3)29)21-8-6-18(25)14-23(21)33(24)30/h6-9,14-16,24,28H,5,10-13H2,1-4H3. The molecule has 0 saturated carbocycles. The van der Waals surface area contributed by atoms with E-state index in [1.807, 2.05) is 0 Å². The summed E-state index contributed by atoms with van der Waals surface area (Å²) in [7, 11) is 1.56. The number of ether oxygens (including phenoxy) is 2. The van der Waals surface area contributed by atoms with Gasteiger partial charge in [-0.05, 0) is 50.6 Å². The highest BCUT2D eigenvalue weighted by molar-refractivity contribution is 7.92. The Bertz CT molecular complexity index is 974. The molecule has 1 N–H and O–H groups in total. The van der Waals surface area contributed by atoms with E-state index in [0.29, 0.717) is 51.9 Å². The first-order valence-corrected chi connectivity index (χ1v) is 12.5. The van der Waals surface area contributed by atoms with Crippen LogP contribution >= 0.6 is 11.6 Å². The number of anilines is 1. The summed E-state index contributed by atoms with van der Waals surface area (Å²) in [6.45, 7) is 7.58. The molecule has 180 valence electrons. The van der Waals surface area contributed by atoms with Crippen LogP contribution in [0.1, 0.15) is 38.1 Å². The van der Waals surface area contributed by atoms with E-state index in [9.17, 15) is 14.5 Å². The topological polar surface area (TPSA) is 85.3 Å². The Morgan fingerprint density at radius 2 is 2.03 bits per heavy atom. The van der Waals surface area contributed by atoms with Gasteiger partial charge in [-0.3, -0.25) is 14.6 Å². The molecule has 33 heavy (non-hydrogen) atoms. The summed E-state index contributed by atoms with van der Waals surface area (Å²) in [5.41, 5.74) is 1.20. The van der Waals surface area contributed by atoms with Crippen molar-refractivity contribution >= 4 is 34.4 Å². The van der Waals surface area contributed by atoms with Crippen molar-refractivity contribution in [1.82, 2.24) is 4.90 Å². The van der Waals surface area contributed by atoms with E-state index in [1.54, 1.807) is 43.5 Å². The highest BCUT2D eigenvalue weighted by Crippen LogP contribution is 2.49. The van der Waals surface area contributed by atoms with Crippen molar-refractivity contribution in [2.24, 2.45) is 0 Å². The lowest BCUT2D eigenvalue weighted by molar-refractivity contribution is -0.116. The average Bonchev–Trinajstić information content (AvgIpc) is 3.07. The number of amides is 1. The van der Waals surface area contributed by atoms with E-state index in [1.165, 1.54) is 11.8 Å². The Morgan fingerprint density at radius 1 is 1.27 bits per heavy atom. The van der Waals surface area contributed by atoms with Gasteiger partial charge in [0, 0.05) is 48.3 Å². The van der Waals surface area contributed by atoms with Crippen LogP contribution in [0, 0.1) is 0 Å². The molecule has 2 aromatic rings. The van der Waals surface area contributed by atoms with Gasteiger partial charge in [0.2, 0.25) is 11.3 Å². The maximum atomic E-state index is 13.5. The predicted octanol–water partition coefficient (Wildman–Crippen LogP) is 3.99. The maximum Gasteiger partial charge on any atom is 0.230 e. The van der Waals surface area contributed by atoms with Crippen LogP contribution in [0.5, 0.6) is 11.5 Å². The van der Waals surface area contributed by atoms with E-state index in [-0.39, 0.29) is 12.5 Å².